The van der Waals surface area contributed by atoms with Gasteiger partial charge in [-0.3, -0.25) is 9.36 Å². The number of hydrogen-bond acceptors (Lipinski definition) is 11. The minimum Gasteiger partial charge on any atom is -0.462 e. The van der Waals surface area contributed by atoms with Gasteiger partial charge in [0.15, 0.2) is 23.5 Å². The summed E-state index contributed by atoms with van der Waals surface area (Å²) < 4.78 is 65.0. The summed E-state index contributed by atoms with van der Waals surface area (Å²) in [6.07, 6.45) is -9.97. The highest BCUT2D eigenvalue weighted by molar-refractivity contribution is 8.09. The van der Waals surface area contributed by atoms with E-state index in [1.807, 2.05) is 0 Å². The smallest absolute Gasteiger partial charge is 0.351 e. The molecule has 39 heavy (non-hydrogen) atoms. The van der Waals surface area contributed by atoms with Gasteiger partial charge in [0, 0.05) is 0 Å². The van der Waals surface area contributed by atoms with Crippen LogP contribution in [-0.4, -0.2) is 68.7 Å². The lowest BCUT2D eigenvalue weighted by atomic mass is 9.96. The summed E-state index contributed by atoms with van der Waals surface area (Å²) in [6, 6.07) is 6.78. The molecular weight excluding hydrogens is 568 g/mol. The maximum absolute atomic E-state index is 14.5. The maximum atomic E-state index is 14.5. The molecule has 2 aromatic rings. The first-order valence-corrected chi connectivity index (χ1v) is 14.2. The number of rotatable bonds is 11. The number of nitrogens with zero attached hydrogens (tertiary/aromatic N) is 2. The molecule has 1 aromatic heterocycles. The average Bonchev–Trinajstić information content (AvgIpc) is 3.11. The number of ether oxygens (including phenoxy) is 2. The number of esters is 1. The minimum atomic E-state index is -3.87. The zero-order valence-corrected chi connectivity index (χ0v) is 22.7. The zero-order chi connectivity index (χ0) is 29.1. The van der Waals surface area contributed by atoms with Gasteiger partial charge in [-0.2, -0.15) is 4.98 Å². The van der Waals surface area contributed by atoms with Crippen LogP contribution in [0.15, 0.2) is 41.3 Å². The Bertz CT molecular complexity index is 1270. The van der Waals surface area contributed by atoms with E-state index >= 15 is 0 Å². The molecule has 0 amide bonds. The van der Waals surface area contributed by atoms with Gasteiger partial charge in [0.25, 0.3) is 6.43 Å². The Morgan fingerprint density at radius 3 is 2.54 bits per heavy atom. The Hall–Kier alpha value is -2.59. The first-order chi connectivity index (χ1) is 18.2. The Morgan fingerprint density at radius 2 is 1.95 bits per heavy atom. The molecule has 0 saturated carbocycles. The van der Waals surface area contributed by atoms with Gasteiger partial charge in [0.2, 0.25) is 0 Å². The quantitative estimate of drug-likeness (QED) is 0.218. The van der Waals surface area contributed by atoms with E-state index in [0.29, 0.717) is 10.8 Å². The van der Waals surface area contributed by atoms with E-state index < -0.39 is 79.2 Å². The third-order valence-corrected chi connectivity index (χ3v) is 8.00. The van der Waals surface area contributed by atoms with Gasteiger partial charge >= 0.3 is 18.3 Å². The minimum absolute atomic E-state index is 0.171. The van der Waals surface area contributed by atoms with E-state index in [-0.39, 0.29) is 5.75 Å². The number of benzene rings is 1. The van der Waals surface area contributed by atoms with Gasteiger partial charge < -0.3 is 34.5 Å². The number of carbonyl (C=O) groups excluding carboxylic acids is 1. The number of halogens is 3. The summed E-state index contributed by atoms with van der Waals surface area (Å²) >= 11 is 5.48. The molecule has 0 spiro atoms. The van der Waals surface area contributed by atoms with Crippen molar-refractivity contribution in [1.82, 2.24) is 14.6 Å². The van der Waals surface area contributed by atoms with Crippen LogP contribution in [0.5, 0.6) is 5.75 Å². The number of nitrogens with one attached hydrogen (secondary N) is 1. The number of nitrogens with two attached hydrogens (primary N) is 1. The third kappa shape index (κ3) is 6.95. The predicted octanol–water partition coefficient (Wildman–Crippen LogP) is 1.47. The summed E-state index contributed by atoms with van der Waals surface area (Å²) in [5.74, 6) is -2.51. The number of para-hydroxylation sites is 1. The number of aromatic nitrogens is 2. The number of alkyl halides is 2. The number of aliphatic hydroxyl groups is 2. The van der Waals surface area contributed by atoms with Crippen LogP contribution in [0.25, 0.3) is 0 Å². The van der Waals surface area contributed by atoms with Crippen molar-refractivity contribution < 1.29 is 46.7 Å². The summed E-state index contributed by atoms with van der Waals surface area (Å²) in [7, 11) is 0. The number of nitrogen functional groups attached to an aromatic ring is 1. The number of hydrogen-bond donors (Lipinski definition) is 4. The first-order valence-electron chi connectivity index (χ1n) is 11.5. The zero-order valence-electron chi connectivity index (χ0n) is 20.9. The van der Waals surface area contributed by atoms with Gasteiger partial charge in [-0.25, -0.2) is 23.1 Å². The normalized spacial score (nSPS) is 25.4. The van der Waals surface area contributed by atoms with E-state index in [4.69, 9.17) is 36.1 Å². The predicted molar refractivity (Wildman–Crippen MR) is 135 cm³/mol. The fourth-order valence-corrected chi connectivity index (χ4v) is 5.97. The van der Waals surface area contributed by atoms with Crippen LogP contribution in [0, 0.1) is 5.82 Å². The van der Waals surface area contributed by atoms with Crippen molar-refractivity contribution >= 4 is 30.2 Å². The van der Waals surface area contributed by atoms with Gasteiger partial charge in [0.05, 0.1) is 18.9 Å². The van der Waals surface area contributed by atoms with Crippen molar-refractivity contribution in [3.63, 3.8) is 0 Å². The topological polar surface area (TPSA) is 167 Å². The Kier molecular flexibility index (Phi) is 9.75. The third-order valence-electron chi connectivity index (χ3n) is 5.52. The van der Waals surface area contributed by atoms with Crippen molar-refractivity contribution in [2.45, 2.75) is 63.4 Å². The van der Waals surface area contributed by atoms with Crippen molar-refractivity contribution in [2.24, 2.45) is 0 Å². The van der Waals surface area contributed by atoms with E-state index in [1.54, 1.807) is 32.0 Å². The summed E-state index contributed by atoms with van der Waals surface area (Å²) in [5, 5.41) is 23.8. The van der Waals surface area contributed by atoms with Crippen LogP contribution in [0.4, 0.5) is 19.0 Å². The lowest BCUT2D eigenvalue weighted by molar-refractivity contribution is -0.192. The molecule has 1 aromatic carbocycles. The van der Waals surface area contributed by atoms with Crippen molar-refractivity contribution in [3.8, 4) is 5.75 Å². The molecule has 6 atom stereocenters. The van der Waals surface area contributed by atoms with E-state index in [1.165, 1.54) is 19.1 Å². The molecule has 0 bridgehead atoms. The summed E-state index contributed by atoms with van der Waals surface area (Å²) in [5.41, 5.74) is 1.05. The molecule has 1 saturated heterocycles. The number of carbonyl (C=O) groups is 1. The lowest BCUT2D eigenvalue weighted by Crippen LogP contribution is -2.53. The molecule has 1 fully saturated rings. The Labute approximate surface area is 226 Å². The fraction of sp³-hybridized carbons (Fsp3) is 0.500. The highest BCUT2D eigenvalue weighted by Crippen LogP contribution is 2.49. The fourth-order valence-electron chi connectivity index (χ4n) is 3.55. The molecule has 2 heterocycles. The van der Waals surface area contributed by atoms with Crippen molar-refractivity contribution in [2.75, 3.05) is 12.3 Å². The molecule has 12 nitrogen and oxygen atoms in total. The van der Waals surface area contributed by atoms with Crippen molar-refractivity contribution in [1.29, 1.82) is 0 Å². The molecule has 17 heteroatoms. The maximum Gasteiger partial charge on any atom is 0.351 e. The SMILES string of the molecule is CC(C)OC(=O)[C@H](C)NP(=S)(OC[C@@]1(C(F)F)O[C@@H](n2cc(F)c(N)nc2=O)[C@H](O)[C@H]1O)Oc1ccccc1. The Balaban J connectivity index is 1.92. The molecule has 1 aliphatic rings. The van der Waals surface area contributed by atoms with Gasteiger partial charge in [-0.05, 0) is 44.7 Å². The summed E-state index contributed by atoms with van der Waals surface area (Å²) in [4.78, 5) is 27.8. The molecular formula is C22H28F3N4O8PS. The second kappa shape index (κ2) is 12.3. The van der Waals surface area contributed by atoms with Crippen molar-refractivity contribution in [3.05, 3.63) is 52.8 Å². The van der Waals surface area contributed by atoms with Crippen LogP contribution in [0.3, 0.4) is 0 Å². The first kappa shape index (κ1) is 30.9. The van der Waals surface area contributed by atoms with Crippen LogP contribution < -0.4 is 21.0 Å². The van der Waals surface area contributed by atoms with Crippen LogP contribution in [0.1, 0.15) is 27.0 Å². The van der Waals surface area contributed by atoms with Gasteiger partial charge in [-0.15, -0.1) is 0 Å². The van der Waals surface area contributed by atoms with Gasteiger partial charge in [-0.1, -0.05) is 18.2 Å². The van der Waals surface area contributed by atoms with Crippen LogP contribution in [0.2, 0.25) is 0 Å². The molecule has 216 valence electrons. The van der Waals surface area contributed by atoms with Gasteiger partial charge in [0.1, 0.15) is 24.0 Å². The van der Waals surface area contributed by atoms with E-state index in [0.717, 1.165) is 0 Å². The average molecular weight is 597 g/mol. The molecule has 0 radical (unpaired) electrons. The van der Waals surface area contributed by atoms with E-state index in [9.17, 15) is 33.0 Å². The summed E-state index contributed by atoms with van der Waals surface area (Å²) in [6.45, 7) is -0.413. The highest BCUT2D eigenvalue weighted by atomic mass is 32.5. The number of anilines is 1. The second-order valence-electron chi connectivity index (χ2n) is 8.88. The largest absolute Gasteiger partial charge is 0.462 e. The molecule has 1 aliphatic heterocycles. The Morgan fingerprint density at radius 1 is 1.31 bits per heavy atom. The standard InChI is InChI=1S/C22H28F3N4O8PS/c1-11(2)35-19(32)12(3)28-38(39,37-13-7-5-4-6-8-13)34-10-22(20(24)25)16(31)15(30)18(36-22)29-9-14(23)17(26)27-21(29)33/h4-9,11-12,15-16,18,20,30-31H,10H2,1-3H3,(H,28,39)(H2,26,27,33)/t12-,15+,16+,18+,22+,38?/m0/s1. The molecule has 0 aliphatic carbocycles. The lowest BCUT2D eigenvalue weighted by Gasteiger charge is -2.34. The van der Waals surface area contributed by atoms with Crippen LogP contribution in [-0.2, 0) is 30.6 Å². The molecule has 1 unspecified atom stereocenters. The molecule has 5 N–H and O–H groups in total. The van der Waals surface area contributed by atoms with E-state index in [2.05, 4.69) is 10.1 Å². The monoisotopic (exact) mass is 596 g/mol. The highest BCUT2D eigenvalue weighted by Gasteiger charge is 2.61. The molecule has 3 rings (SSSR count). The van der Waals surface area contributed by atoms with Crippen LogP contribution >= 0.6 is 6.64 Å². The second-order valence-corrected chi connectivity index (χ2v) is 12.0. The number of aliphatic hydroxyl groups excluding tert-OH is 2.